The van der Waals surface area contributed by atoms with Crippen LogP contribution in [0, 0.1) is 5.92 Å². The average Bonchev–Trinajstić information content (AvgIpc) is 2.31. The van der Waals surface area contributed by atoms with Gasteiger partial charge in [-0.15, -0.1) is 11.6 Å². The van der Waals surface area contributed by atoms with Crippen molar-refractivity contribution in [3.8, 4) is 0 Å². The van der Waals surface area contributed by atoms with Crippen LogP contribution in [0.4, 0.5) is 0 Å². The van der Waals surface area contributed by atoms with Gasteiger partial charge in [0.15, 0.2) is 0 Å². The van der Waals surface area contributed by atoms with E-state index in [0.717, 1.165) is 19.1 Å². The summed E-state index contributed by atoms with van der Waals surface area (Å²) in [6.07, 6.45) is 6.88. The van der Waals surface area contributed by atoms with E-state index in [1.807, 2.05) is 0 Å². The molecule has 2 unspecified atom stereocenters. The monoisotopic (exact) mass is 245 g/mol. The van der Waals surface area contributed by atoms with Crippen LogP contribution >= 0.6 is 11.6 Å². The Morgan fingerprint density at radius 2 is 2.00 bits per heavy atom. The number of likely N-dealkylation sites (tertiary alicyclic amines) is 1. The van der Waals surface area contributed by atoms with Crippen molar-refractivity contribution in [2.45, 2.75) is 50.5 Å². The standard InChI is InChI=1S/C13H24ClNO/c1-11(14)12-5-7-15(8-6-12)10-13-4-2-3-9-16-13/h11-13H,2-10H2,1H3. The van der Waals surface area contributed by atoms with Gasteiger partial charge in [-0.05, 0) is 58.0 Å². The van der Waals surface area contributed by atoms with E-state index in [0.29, 0.717) is 11.5 Å². The number of nitrogens with zero attached hydrogens (tertiary/aromatic N) is 1. The number of piperidine rings is 1. The fourth-order valence-electron chi connectivity index (χ4n) is 2.83. The van der Waals surface area contributed by atoms with E-state index < -0.39 is 0 Å². The van der Waals surface area contributed by atoms with Crippen LogP contribution in [0.2, 0.25) is 0 Å². The third-order valence-corrected chi connectivity index (χ3v) is 4.37. The van der Waals surface area contributed by atoms with E-state index >= 15 is 0 Å². The van der Waals surface area contributed by atoms with E-state index in [4.69, 9.17) is 16.3 Å². The maximum Gasteiger partial charge on any atom is 0.0702 e. The van der Waals surface area contributed by atoms with Crippen LogP contribution in [0.3, 0.4) is 0 Å². The van der Waals surface area contributed by atoms with Crippen LogP contribution in [0.25, 0.3) is 0 Å². The zero-order valence-corrected chi connectivity index (χ0v) is 11.1. The van der Waals surface area contributed by atoms with Crippen LogP contribution in [0.15, 0.2) is 0 Å². The first-order chi connectivity index (χ1) is 7.75. The minimum Gasteiger partial charge on any atom is -0.377 e. The molecular weight excluding hydrogens is 222 g/mol. The normalized spacial score (nSPS) is 31.5. The maximum absolute atomic E-state index is 6.15. The number of halogens is 1. The summed E-state index contributed by atoms with van der Waals surface area (Å²) in [5, 5.41) is 0.341. The molecule has 0 saturated carbocycles. The van der Waals surface area contributed by atoms with E-state index in [1.54, 1.807) is 0 Å². The molecule has 0 radical (unpaired) electrons. The van der Waals surface area contributed by atoms with Crippen LogP contribution in [-0.2, 0) is 4.74 Å². The van der Waals surface area contributed by atoms with Gasteiger partial charge in [0.2, 0.25) is 0 Å². The number of ether oxygens (including phenoxy) is 1. The van der Waals surface area contributed by atoms with E-state index in [-0.39, 0.29) is 0 Å². The number of hydrogen-bond acceptors (Lipinski definition) is 2. The van der Waals surface area contributed by atoms with Gasteiger partial charge in [-0.25, -0.2) is 0 Å². The molecule has 16 heavy (non-hydrogen) atoms. The van der Waals surface area contributed by atoms with E-state index in [2.05, 4.69) is 11.8 Å². The Balaban J connectivity index is 1.68. The molecule has 0 amide bonds. The average molecular weight is 246 g/mol. The smallest absolute Gasteiger partial charge is 0.0702 e. The molecule has 0 bridgehead atoms. The zero-order chi connectivity index (χ0) is 11.4. The van der Waals surface area contributed by atoms with Gasteiger partial charge in [-0.3, -0.25) is 0 Å². The Morgan fingerprint density at radius 1 is 1.25 bits per heavy atom. The first kappa shape index (κ1) is 12.7. The van der Waals surface area contributed by atoms with Gasteiger partial charge in [0.1, 0.15) is 0 Å². The van der Waals surface area contributed by atoms with Crippen molar-refractivity contribution in [1.29, 1.82) is 0 Å². The Bertz CT molecular complexity index is 196. The molecule has 2 heterocycles. The molecule has 2 atom stereocenters. The predicted octanol–water partition coefficient (Wildman–Crippen LogP) is 2.89. The summed E-state index contributed by atoms with van der Waals surface area (Å²) < 4.78 is 5.79. The van der Waals surface area contributed by atoms with Gasteiger partial charge in [-0.2, -0.15) is 0 Å². The second kappa shape index (κ2) is 6.23. The molecule has 2 aliphatic heterocycles. The van der Waals surface area contributed by atoms with Gasteiger partial charge >= 0.3 is 0 Å². The highest BCUT2D eigenvalue weighted by Crippen LogP contribution is 2.24. The Morgan fingerprint density at radius 3 is 2.56 bits per heavy atom. The molecule has 2 aliphatic rings. The third kappa shape index (κ3) is 3.61. The van der Waals surface area contributed by atoms with Crippen molar-refractivity contribution in [3.63, 3.8) is 0 Å². The minimum atomic E-state index is 0.341. The highest BCUT2D eigenvalue weighted by Gasteiger charge is 2.25. The fraction of sp³-hybridized carbons (Fsp3) is 1.00. The quantitative estimate of drug-likeness (QED) is 0.709. The van der Waals surface area contributed by atoms with Gasteiger partial charge < -0.3 is 9.64 Å². The molecule has 0 aliphatic carbocycles. The molecule has 0 aromatic carbocycles. The van der Waals surface area contributed by atoms with Crippen LogP contribution < -0.4 is 0 Å². The number of rotatable bonds is 3. The van der Waals surface area contributed by atoms with Crippen molar-refractivity contribution in [2.24, 2.45) is 5.92 Å². The summed E-state index contributed by atoms with van der Waals surface area (Å²) in [7, 11) is 0. The molecule has 2 saturated heterocycles. The van der Waals surface area contributed by atoms with Gasteiger partial charge in [0.05, 0.1) is 6.10 Å². The predicted molar refractivity (Wildman–Crippen MR) is 68.1 cm³/mol. The summed E-state index contributed by atoms with van der Waals surface area (Å²) in [6, 6.07) is 0. The Hall–Kier alpha value is 0.210. The zero-order valence-electron chi connectivity index (χ0n) is 10.3. The molecule has 0 aromatic heterocycles. The molecule has 94 valence electrons. The molecular formula is C13H24ClNO. The lowest BCUT2D eigenvalue weighted by molar-refractivity contribution is -0.0112. The summed E-state index contributed by atoms with van der Waals surface area (Å²) in [5.74, 6) is 0.727. The molecule has 0 aromatic rings. The molecule has 2 nitrogen and oxygen atoms in total. The molecule has 2 rings (SSSR count). The third-order valence-electron chi connectivity index (χ3n) is 4.02. The van der Waals surface area contributed by atoms with Crippen molar-refractivity contribution in [1.82, 2.24) is 4.90 Å². The van der Waals surface area contributed by atoms with Crippen molar-refractivity contribution in [2.75, 3.05) is 26.2 Å². The minimum absolute atomic E-state index is 0.341. The SMILES string of the molecule is CC(Cl)C1CCN(CC2CCCCO2)CC1. The lowest BCUT2D eigenvalue weighted by Gasteiger charge is -2.36. The second-order valence-corrected chi connectivity index (χ2v) is 5.99. The van der Waals surface area contributed by atoms with Crippen LogP contribution in [-0.4, -0.2) is 42.6 Å². The Labute approximate surface area is 104 Å². The lowest BCUT2D eigenvalue weighted by atomic mass is 9.93. The first-order valence-electron chi connectivity index (χ1n) is 6.73. The maximum atomic E-state index is 6.15. The molecule has 0 N–H and O–H groups in total. The fourth-order valence-corrected chi connectivity index (χ4v) is 3.09. The summed E-state index contributed by atoms with van der Waals surface area (Å²) in [5.41, 5.74) is 0. The van der Waals surface area contributed by atoms with Crippen molar-refractivity contribution < 1.29 is 4.74 Å². The van der Waals surface area contributed by atoms with E-state index in [1.165, 1.54) is 45.2 Å². The lowest BCUT2D eigenvalue weighted by Crippen LogP contribution is -2.41. The van der Waals surface area contributed by atoms with Crippen LogP contribution in [0.5, 0.6) is 0 Å². The highest BCUT2D eigenvalue weighted by atomic mass is 35.5. The summed E-state index contributed by atoms with van der Waals surface area (Å²) >= 11 is 6.15. The van der Waals surface area contributed by atoms with Crippen molar-refractivity contribution >= 4 is 11.6 Å². The highest BCUT2D eigenvalue weighted by molar-refractivity contribution is 6.20. The second-order valence-electron chi connectivity index (χ2n) is 5.30. The Kier molecular flexibility index (Phi) is 4.93. The number of hydrogen-bond donors (Lipinski definition) is 0. The molecule has 0 spiro atoms. The largest absolute Gasteiger partial charge is 0.377 e. The van der Waals surface area contributed by atoms with Crippen LogP contribution in [0.1, 0.15) is 39.0 Å². The summed E-state index contributed by atoms with van der Waals surface area (Å²) in [6.45, 7) is 6.67. The molecule has 2 fully saturated rings. The summed E-state index contributed by atoms with van der Waals surface area (Å²) in [4.78, 5) is 2.56. The van der Waals surface area contributed by atoms with Gasteiger partial charge in [0, 0.05) is 18.5 Å². The van der Waals surface area contributed by atoms with Gasteiger partial charge in [-0.1, -0.05) is 0 Å². The molecule has 3 heteroatoms. The topological polar surface area (TPSA) is 12.5 Å². The van der Waals surface area contributed by atoms with Crippen molar-refractivity contribution in [3.05, 3.63) is 0 Å². The van der Waals surface area contributed by atoms with Gasteiger partial charge in [0.25, 0.3) is 0 Å². The van der Waals surface area contributed by atoms with E-state index in [9.17, 15) is 0 Å². The first-order valence-corrected chi connectivity index (χ1v) is 7.17. The number of alkyl halides is 1.